The second kappa shape index (κ2) is 6.69. The topological polar surface area (TPSA) is 25.8 Å². The molecule has 0 radical (unpaired) electrons. The van der Waals surface area contributed by atoms with Crippen molar-refractivity contribution in [1.29, 1.82) is 0 Å². The Morgan fingerprint density at radius 1 is 1.05 bits per heavy atom. The van der Waals surface area contributed by atoms with E-state index in [1.165, 1.54) is 0 Å². The molecule has 0 bridgehead atoms. The average Bonchev–Trinajstić information content (AvgIpc) is 2.37. The molecule has 1 aromatic heterocycles. The van der Waals surface area contributed by atoms with Gasteiger partial charge < -0.3 is 0 Å². The van der Waals surface area contributed by atoms with Crippen LogP contribution in [0.2, 0.25) is 10.3 Å². The maximum Gasteiger partial charge on any atom is 0.137 e. The van der Waals surface area contributed by atoms with Crippen LogP contribution >= 0.6 is 39.1 Å². The first kappa shape index (κ1) is 14.8. The van der Waals surface area contributed by atoms with Gasteiger partial charge in [-0.2, -0.15) is 0 Å². The number of hydrogen-bond acceptors (Lipinski definition) is 2. The van der Waals surface area contributed by atoms with Crippen molar-refractivity contribution in [2.75, 3.05) is 0 Å². The van der Waals surface area contributed by atoms with Crippen LogP contribution in [0.1, 0.15) is 30.3 Å². The van der Waals surface area contributed by atoms with E-state index >= 15 is 0 Å². The van der Waals surface area contributed by atoms with Crippen molar-refractivity contribution in [3.05, 3.63) is 56.0 Å². The Bertz CT molecular complexity index is 547. The lowest BCUT2D eigenvalue weighted by atomic mass is 10.1. The predicted molar refractivity (Wildman–Crippen MR) is 83.0 cm³/mol. The van der Waals surface area contributed by atoms with E-state index in [9.17, 15) is 0 Å². The number of hydrogen-bond donors (Lipinski definition) is 0. The van der Waals surface area contributed by atoms with Crippen LogP contribution < -0.4 is 0 Å². The molecular weight excluding hydrogens is 347 g/mol. The minimum absolute atomic E-state index is 0.467. The lowest BCUT2D eigenvalue weighted by Gasteiger charge is -2.07. The van der Waals surface area contributed by atoms with Gasteiger partial charge in [-0.1, -0.05) is 64.6 Å². The zero-order chi connectivity index (χ0) is 13.8. The van der Waals surface area contributed by atoms with Gasteiger partial charge >= 0.3 is 0 Å². The van der Waals surface area contributed by atoms with Gasteiger partial charge in [0.1, 0.15) is 16.1 Å². The molecule has 0 saturated heterocycles. The van der Waals surface area contributed by atoms with Crippen molar-refractivity contribution in [2.45, 2.75) is 26.2 Å². The highest BCUT2D eigenvalue weighted by Gasteiger charge is 2.11. The van der Waals surface area contributed by atoms with E-state index in [0.29, 0.717) is 22.6 Å². The molecule has 19 heavy (non-hydrogen) atoms. The summed E-state index contributed by atoms with van der Waals surface area (Å²) in [6.45, 7) is 2.07. The monoisotopic (exact) mass is 358 g/mol. The summed E-state index contributed by atoms with van der Waals surface area (Å²) in [5.74, 6) is 0.650. The zero-order valence-electron chi connectivity index (χ0n) is 10.5. The first-order chi connectivity index (χ1) is 9.10. The van der Waals surface area contributed by atoms with Gasteiger partial charge in [-0.25, -0.2) is 9.97 Å². The molecule has 0 amide bonds. The summed E-state index contributed by atoms with van der Waals surface area (Å²) in [5, 5.41) is 0.933. The lowest BCUT2D eigenvalue weighted by Crippen LogP contribution is -2.01. The smallest absolute Gasteiger partial charge is 0.137 e. The molecule has 100 valence electrons. The fourth-order valence-corrected chi connectivity index (χ4v) is 2.67. The van der Waals surface area contributed by atoms with Crippen molar-refractivity contribution in [1.82, 2.24) is 9.97 Å². The van der Waals surface area contributed by atoms with Gasteiger partial charge in [0.2, 0.25) is 0 Å². The Morgan fingerprint density at radius 3 is 2.16 bits per heavy atom. The van der Waals surface area contributed by atoms with Crippen LogP contribution in [0.5, 0.6) is 0 Å². The Labute approximate surface area is 131 Å². The lowest BCUT2D eigenvalue weighted by molar-refractivity contribution is 0.877. The fraction of sp³-hybridized carbons (Fsp3) is 0.286. The molecule has 0 aliphatic rings. The Balaban J connectivity index is 2.24. The van der Waals surface area contributed by atoms with E-state index in [-0.39, 0.29) is 0 Å². The third-order valence-electron chi connectivity index (χ3n) is 2.73. The Morgan fingerprint density at radius 2 is 1.63 bits per heavy atom. The van der Waals surface area contributed by atoms with Crippen LogP contribution in [0.3, 0.4) is 0 Å². The minimum atomic E-state index is 0.467. The number of aromatic nitrogens is 2. The maximum atomic E-state index is 6.16. The summed E-state index contributed by atoms with van der Waals surface area (Å²) in [4.78, 5) is 8.66. The summed E-state index contributed by atoms with van der Waals surface area (Å²) in [7, 11) is 0. The van der Waals surface area contributed by atoms with Crippen molar-refractivity contribution in [3.63, 3.8) is 0 Å². The molecule has 2 rings (SSSR count). The molecule has 1 heterocycles. The normalized spacial score (nSPS) is 10.7. The van der Waals surface area contributed by atoms with Gasteiger partial charge in [-0.3, -0.25) is 0 Å². The van der Waals surface area contributed by atoms with Crippen molar-refractivity contribution >= 4 is 39.1 Å². The summed E-state index contributed by atoms with van der Waals surface area (Å²) in [6, 6.07) is 8.03. The largest absolute Gasteiger partial charge is 0.220 e. The van der Waals surface area contributed by atoms with Crippen LogP contribution in [0.4, 0.5) is 0 Å². The number of rotatable bonds is 4. The van der Waals surface area contributed by atoms with E-state index in [0.717, 1.165) is 28.4 Å². The molecule has 0 atom stereocenters. The number of halogens is 3. The molecule has 0 spiro atoms. The summed E-state index contributed by atoms with van der Waals surface area (Å²) in [6.07, 6.45) is 2.39. The second-order valence-corrected chi connectivity index (χ2v) is 5.88. The van der Waals surface area contributed by atoms with Crippen LogP contribution in [0.15, 0.2) is 28.7 Å². The molecule has 2 aromatic rings. The predicted octanol–water partition coefficient (Wildman–Crippen LogP) is 5.09. The molecule has 0 N–H and O–H groups in total. The van der Waals surface area contributed by atoms with Gasteiger partial charge in [-0.05, 0) is 24.1 Å². The first-order valence-corrected chi connectivity index (χ1v) is 7.60. The maximum absolute atomic E-state index is 6.16. The van der Waals surface area contributed by atoms with E-state index in [4.69, 9.17) is 23.2 Å². The molecule has 2 nitrogen and oxygen atoms in total. The molecule has 0 saturated carbocycles. The van der Waals surface area contributed by atoms with Crippen molar-refractivity contribution in [3.8, 4) is 0 Å². The van der Waals surface area contributed by atoms with Gasteiger partial charge in [0.25, 0.3) is 0 Å². The van der Waals surface area contributed by atoms with E-state index in [2.05, 4.69) is 32.8 Å². The van der Waals surface area contributed by atoms with Crippen LogP contribution in [-0.4, -0.2) is 9.97 Å². The summed E-state index contributed by atoms with van der Waals surface area (Å²) < 4.78 is 1.05. The van der Waals surface area contributed by atoms with Crippen molar-refractivity contribution in [2.24, 2.45) is 0 Å². The quantitative estimate of drug-likeness (QED) is 0.710. The highest BCUT2D eigenvalue weighted by atomic mass is 79.9. The standard InChI is InChI=1S/C14H13BrCl2N2/c1-2-3-11-13(16)18-12(19-14(11)17)8-9-4-6-10(15)7-5-9/h4-7H,2-3,8H2,1H3. The molecule has 0 aliphatic carbocycles. The fourth-order valence-electron chi connectivity index (χ4n) is 1.79. The highest BCUT2D eigenvalue weighted by Crippen LogP contribution is 2.23. The number of nitrogens with zero attached hydrogens (tertiary/aromatic N) is 2. The molecule has 0 fully saturated rings. The van der Waals surface area contributed by atoms with Gasteiger partial charge in [0.05, 0.1) is 0 Å². The van der Waals surface area contributed by atoms with Gasteiger partial charge in [-0.15, -0.1) is 0 Å². The third kappa shape index (κ3) is 3.91. The summed E-state index contributed by atoms with van der Waals surface area (Å²) in [5.41, 5.74) is 1.96. The minimum Gasteiger partial charge on any atom is -0.220 e. The molecule has 0 unspecified atom stereocenters. The summed E-state index contributed by atoms with van der Waals surface area (Å²) >= 11 is 15.7. The highest BCUT2D eigenvalue weighted by molar-refractivity contribution is 9.10. The second-order valence-electron chi connectivity index (χ2n) is 4.25. The zero-order valence-corrected chi connectivity index (χ0v) is 13.6. The molecule has 1 aromatic carbocycles. The Hall–Kier alpha value is -0.640. The first-order valence-electron chi connectivity index (χ1n) is 6.05. The Kier molecular flexibility index (Phi) is 5.20. The van der Waals surface area contributed by atoms with Gasteiger partial charge in [0.15, 0.2) is 0 Å². The van der Waals surface area contributed by atoms with Crippen LogP contribution in [0.25, 0.3) is 0 Å². The van der Waals surface area contributed by atoms with Gasteiger partial charge in [0, 0.05) is 16.5 Å². The average molecular weight is 360 g/mol. The van der Waals surface area contributed by atoms with E-state index in [1.54, 1.807) is 0 Å². The molecular formula is C14H13BrCl2N2. The molecule has 0 aliphatic heterocycles. The van der Waals surface area contributed by atoms with Crippen LogP contribution in [-0.2, 0) is 12.8 Å². The van der Waals surface area contributed by atoms with Crippen molar-refractivity contribution < 1.29 is 0 Å². The van der Waals surface area contributed by atoms with E-state index in [1.807, 2.05) is 24.3 Å². The molecule has 5 heteroatoms. The number of benzene rings is 1. The SMILES string of the molecule is CCCc1c(Cl)nc(Cc2ccc(Br)cc2)nc1Cl. The third-order valence-corrected chi connectivity index (χ3v) is 3.88. The van der Waals surface area contributed by atoms with E-state index < -0.39 is 0 Å². The van der Waals surface area contributed by atoms with Crippen LogP contribution in [0, 0.1) is 0 Å².